The smallest absolute Gasteiger partial charge is 0.358 e. The zero-order chi connectivity index (χ0) is 13.3. The Labute approximate surface area is 107 Å². The Kier molecular flexibility index (Phi) is 3.30. The largest absolute Gasteiger partial charge is 0.466 e. The SMILES string of the molecule is CCOC(=O)CC1=CSC2=NC(=O)NS(=O)(=O)N12. The summed E-state index contributed by atoms with van der Waals surface area (Å²) >= 11 is 0.967. The van der Waals surface area contributed by atoms with Crippen LogP contribution in [0.25, 0.3) is 0 Å². The van der Waals surface area contributed by atoms with E-state index < -0.39 is 22.2 Å². The molecule has 0 aromatic heterocycles. The second kappa shape index (κ2) is 4.61. The molecule has 2 rings (SSSR count). The monoisotopic (exact) mass is 291 g/mol. The highest BCUT2D eigenvalue weighted by atomic mass is 32.2. The molecule has 0 aliphatic carbocycles. The molecule has 2 aliphatic rings. The molecule has 10 heteroatoms. The van der Waals surface area contributed by atoms with Gasteiger partial charge in [0.2, 0.25) is 0 Å². The van der Waals surface area contributed by atoms with Gasteiger partial charge in [-0.1, -0.05) is 11.8 Å². The van der Waals surface area contributed by atoms with Gasteiger partial charge in [0, 0.05) is 5.41 Å². The van der Waals surface area contributed by atoms with Gasteiger partial charge in [0.15, 0.2) is 5.17 Å². The molecule has 0 fully saturated rings. The molecule has 0 spiro atoms. The van der Waals surface area contributed by atoms with Gasteiger partial charge in [-0.3, -0.25) is 4.79 Å². The van der Waals surface area contributed by atoms with E-state index in [0.717, 1.165) is 16.1 Å². The third-order valence-corrected chi connectivity index (χ3v) is 4.33. The van der Waals surface area contributed by atoms with Crippen molar-refractivity contribution in [2.75, 3.05) is 6.61 Å². The van der Waals surface area contributed by atoms with Crippen LogP contribution >= 0.6 is 11.8 Å². The van der Waals surface area contributed by atoms with Crippen molar-refractivity contribution in [2.24, 2.45) is 4.99 Å². The van der Waals surface area contributed by atoms with Crippen LogP contribution in [0.4, 0.5) is 4.79 Å². The van der Waals surface area contributed by atoms with Crippen molar-refractivity contribution in [1.82, 2.24) is 9.03 Å². The minimum atomic E-state index is -4.01. The van der Waals surface area contributed by atoms with E-state index in [0.29, 0.717) is 0 Å². The quantitative estimate of drug-likeness (QED) is 0.742. The number of aliphatic imine (C=N–C) groups is 1. The van der Waals surface area contributed by atoms with E-state index in [9.17, 15) is 18.0 Å². The van der Waals surface area contributed by atoms with E-state index in [1.165, 1.54) is 5.41 Å². The normalized spacial score (nSPS) is 20.7. The van der Waals surface area contributed by atoms with Gasteiger partial charge in [-0.25, -0.2) is 13.8 Å². The van der Waals surface area contributed by atoms with Gasteiger partial charge in [-0.05, 0) is 6.92 Å². The molecule has 2 amide bonds. The van der Waals surface area contributed by atoms with Gasteiger partial charge in [-0.2, -0.15) is 13.4 Å². The molecule has 0 saturated carbocycles. The predicted octanol–water partition coefficient (Wildman–Crippen LogP) is 0.154. The van der Waals surface area contributed by atoms with E-state index in [1.807, 2.05) is 0 Å². The van der Waals surface area contributed by atoms with Crippen molar-refractivity contribution in [2.45, 2.75) is 13.3 Å². The van der Waals surface area contributed by atoms with Crippen LogP contribution in [-0.4, -0.2) is 36.5 Å². The molecule has 0 unspecified atom stereocenters. The number of amidine groups is 1. The Balaban J connectivity index is 2.24. The highest BCUT2D eigenvalue weighted by Crippen LogP contribution is 2.32. The fourth-order valence-corrected chi connectivity index (χ4v) is 3.71. The highest BCUT2D eigenvalue weighted by Gasteiger charge is 2.39. The van der Waals surface area contributed by atoms with Gasteiger partial charge in [-0.15, -0.1) is 0 Å². The molecule has 1 N–H and O–H groups in total. The van der Waals surface area contributed by atoms with E-state index in [4.69, 9.17) is 4.74 Å². The molecule has 0 saturated heterocycles. The first-order valence-corrected chi connectivity index (χ1v) is 7.23. The molecule has 0 radical (unpaired) electrons. The number of carbonyl (C=O) groups excluding carboxylic acids is 2. The summed E-state index contributed by atoms with van der Waals surface area (Å²) in [6.45, 7) is 1.87. The molecular weight excluding hydrogens is 282 g/mol. The lowest BCUT2D eigenvalue weighted by Crippen LogP contribution is -2.47. The van der Waals surface area contributed by atoms with Crippen molar-refractivity contribution in [3.63, 3.8) is 0 Å². The zero-order valence-electron chi connectivity index (χ0n) is 9.24. The first-order chi connectivity index (χ1) is 8.44. The van der Waals surface area contributed by atoms with Crippen molar-refractivity contribution >= 4 is 39.1 Å². The first kappa shape index (κ1) is 12.9. The average Bonchev–Trinajstić information content (AvgIpc) is 2.60. The van der Waals surface area contributed by atoms with Gasteiger partial charge < -0.3 is 4.74 Å². The molecule has 8 nitrogen and oxygen atoms in total. The number of hydrogen-bond acceptors (Lipinski definition) is 6. The zero-order valence-corrected chi connectivity index (χ0v) is 10.9. The molecule has 18 heavy (non-hydrogen) atoms. The van der Waals surface area contributed by atoms with Crippen molar-refractivity contribution < 1.29 is 22.7 Å². The van der Waals surface area contributed by atoms with Crippen molar-refractivity contribution in [1.29, 1.82) is 0 Å². The molecule has 2 heterocycles. The number of esters is 1. The van der Waals surface area contributed by atoms with E-state index in [-0.39, 0.29) is 23.9 Å². The number of ether oxygens (including phenoxy) is 1. The Bertz CT molecular complexity index is 565. The second-order valence-electron chi connectivity index (χ2n) is 3.28. The second-order valence-corrected chi connectivity index (χ2v) is 5.64. The Morgan fingerprint density at radius 1 is 1.61 bits per heavy atom. The molecule has 2 aliphatic heterocycles. The summed E-state index contributed by atoms with van der Waals surface area (Å²) in [7, 11) is -4.01. The molecule has 0 bridgehead atoms. The van der Waals surface area contributed by atoms with E-state index in [2.05, 4.69) is 4.99 Å². The molecule has 0 aromatic rings. The molecule has 0 aromatic carbocycles. The Morgan fingerprint density at radius 2 is 2.33 bits per heavy atom. The van der Waals surface area contributed by atoms with Crippen molar-refractivity contribution in [3.05, 3.63) is 11.1 Å². The Hall–Kier alpha value is -1.55. The average molecular weight is 291 g/mol. The summed E-state index contributed by atoms with van der Waals surface area (Å²) in [4.78, 5) is 25.9. The number of fused-ring (bicyclic) bond motifs is 1. The molecular formula is C8H9N3O5S2. The topological polar surface area (TPSA) is 105 Å². The lowest BCUT2D eigenvalue weighted by Gasteiger charge is -2.24. The summed E-state index contributed by atoms with van der Waals surface area (Å²) in [6.07, 6.45) is -0.199. The van der Waals surface area contributed by atoms with Gasteiger partial charge in [0.1, 0.15) is 0 Å². The van der Waals surface area contributed by atoms with Crippen LogP contribution in [0.5, 0.6) is 0 Å². The maximum atomic E-state index is 11.7. The number of carbonyl (C=O) groups is 2. The maximum Gasteiger partial charge on any atom is 0.358 e. The van der Waals surface area contributed by atoms with Crippen LogP contribution < -0.4 is 4.72 Å². The number of amides is 2. The van der Waals surface area contributed by atoms with Gasteiger partial charge in [0.05, 0.1) is 18.7 Å². The third kappa shape index (κ3) is 2.34. The predicted molar refractivity (Wildman–Crippen MR) is 63.6 cm³/mol. The highest BCUT2D eigenvalue weighted by molar-refractivity contribution is 8.17. The minimum Gasteiger partial charge on any atom is -0.466 e. The summed E-state index contributed by atoms with van der Waals surface area (Å²) in [6, 6.07) is -0.945. The number of nitrogens with one attached hydrogen (secondary N) is 1. The van der Waals surface area contributed by atoms with Gasteiger partial charge in [0.25, 0.3) is 0 Å². The van der Waals surface area contributed by atoms with E-state index in [1.54, 1.807) is 11.6 Å². The first-order valence-electron chi connectivity index (χ1n) is 4.91. The number of nitrogens with zero attached hydrogens (tertiary/aromatic N) is 2. The molecule has 0 atom stereocenters. The standard InChI is InChI=1S/C8H9N3O5S2/c1-2-16-6(12)3-5-4-17-8-9-7(13)10-18(14,15)11(5)8/h4H,2-3H2,1H3,(H,10,13). The number of rotatable bonds is 3. The maximum absolute atomic E-state index is 11.7. The van der Waals surface area contributed by atoms with Crippen LogP contribution in [0.2, 0.25) is 0 Å². The minimum absolute atomic E-state index is 0.0121. The van der Waals surface area contributed by atoms with Gasteiger partial charge >= 0.3 is 22.2 Å². The molecule has 98 valence electrons. The van der Waals surface area contributed by atoms with Crippen LogP contribution in [0.1, 0.15) is 13.3 Å². The van der Waals surface area contributed by atoms with E-state index >= 15 is 0 Å². The summed E-state index contributed by atoms with van der Waals surface area (Å²) < 4.78 is 30.8. The van der Waals surface area contributed by atoms with Crippen LogP contribution in [0.15, 0.2) is 16.1 Å². The fraction of sp³-hybridized carbons (Fsp3) is 0.375. The number of hydrogen-bond donors (Lipinski definition) is 1. The third-order valence-electron chi connectivity index (χ3n) is 2.02. The van der Waals surface area contributed by atoms with Crippen molar-refractivity contribution in [3.8, 4) is 0 Å². The fourth-order valence-electron chi connectivity index (χ4n) is 1.41. The van der Waals surface area contributed by atoms with Crippen LogP contribution in [0.3, 0.4) is 0 Å². The Morgan fingerprint density at radius 3 is 3.00 bits per heavy atom. The lowest BCUT2D eigenvalue weighted by molar-refractivity contribution is -0.142. The summed E-state index contributed by atoms with van der Waals surface area (Å²) in [5, 5.41) is 1.46. The number of thioether (sulfide) groups is 1. The van der Waals surface area contributed by atoms with Crippen LogP contribution in [0, 0.1) is 0 Å². The lowest BCUT2D eigenvalue weighted by atomic mass is 10.3. The summed E-state index contributed by atoms with van der Waals surface area (Å²) in [5.41, 5.74) is 0.206. The summed E-state index contributed by atoms with van der Waals surface area (Å²) in [5.74, 6) is -0.544. The number of urea groups is 1. The van der Waals surface area contributed by atoms with Crippen LogP contribution in [-0.2, 0) is 19.7 Å².